The van der Waals surface area contributed by atoms with Crippen LogP contribution in [0.1, 0.15) is 38.5 Å². The van der Waals surface area contributed by atoms with Crippen LogP contribution in [0.2, 0.25) is 0 Å². The summed E-state index contributed by atoms with van der Waals surface area (Å²) in [6.45, 7) is 2.81. The Hall–Kier alpha value is -1.16. The van der Waals surface area contributed by atoms with Crippen LogP contribution < -0.4 is 15.5 Å². The lowest BCUT2D eigenvalue weighted by Gasteiger charge is -2.30. The Morgan fingerprint density at radius 3 is 2.59 bits per heavy atom. The number of hydrogen-bond donors (Lipinski definition) is 2. The monoisotopic (exact) mass is 522 g/mol. The highest BCUT2D eigenvalue weighted by Gasteiger charge is 2.34. The maximum Gasteiger partial charge on any atom is 0.191 e. The van der Waals surface area contributed by atoms with E-state index in [1.54, 1.807) is 19.1 Å². The SMILES string of the molecule is CN=C(NCC1(CCOC)CCCC1)NC1CCN(c2c(F)cccc2F)C1.I. The van der Waals surface area contributed by atoms with Gasteiger partial charge >= 0.3 is 0 Å². The van der Waals surface area contributed by atoms with E-state index in [0.29, 0.717) is 13.1 Å². The molecule has 0 spiro atoms. The molecule has 1 unspecified atom stereocenters. The van der Waals surface area contributed by atoms with Crippen molar-refractivity contribution >= 4 is 35.6 Å². The van der Waals surface area contributed by atoms with Crippen LogP contribution in [0.3, 0.4) is 0 Å². The number of rotatable bonds is 7. The van der Waals surface area contributed by atoms with E-state index in [9.17, 15) is 8.78 Å². The van der Waals surface area contributed by atoms with Crippen LogP contribution >= 0.6 is 24.0 Å². The number of nitrogens with zero attached hydrogens (tertiary/aromatic N) is 2. The molecular formula is C21H33F2IN4O. The van der Waals surface area contributed by atoms with Gasteiger partial charge in [0.15, 0.2) is 5.96 Å². The van der Waals surface area contributed by atoms with Crippen molar-refractivity contribution < 1.29 is 13.5 Å². The van der Waals surface area contributed by atoms with Crippen LogP contribution in [0.4, 0.5) is 14.5 Å². The molecule has 1 aromatic carbocycles. The van der Waals surface area contributed by atoms with Gasteiger partial charge in [-0.15, -0.1) is 24.0 Å². The predicted octanol–water partition coefficient (Wildman–Crippen LogP) is 3.92. The standard InChI is InChI=1S/C21H32F2N4O.HI/c1-24-20(25-15-21(11-13-28-2)9-3-4-10-21)26-16-8-12-27(14-16)19-17(22)6-5-7-18(19)23;/h5-7,16H,3-4,8-15H2,1-2H3,(H2,24,25,26);1H. The van der Waals surface area contributed by atoms with Gasteiger partial charge in [0, 0.05) is 46.4 Å². The molecule has 2 N–H and O–H groups in total. The lowest BCUT2D eigenvalue weighted by atomic mass is 9.83. The molecule has 2 aliphatic rings. The van der Waals surface area contributed by atoms with Crippen molar-refractivity contribution in [3.8, 4) is 0 Å². The summed E-state index contributed by atoms with van der Waals surface area (Å²) in [6, 6.07) is 4.11. The second kappa shape index (κ2) is 11.3. The number of para-hydroxylation sites is 1. The predicted molar refractivity (Wildman–Crippen MR) is 124 cm³/mol. The summed E-state index contributed by atoms with van der Waals surface area (Å²) < 4.78 is 33.4. The highest BCUT2D eigenvalue weighted by atomic mass is 127. The van der Waals surface area contributed by atoms with Gasteiger partial charge in [-0.25, -0.2) is 8.78 Å². The van der Waals surface area contributed by atoms with Crippen LogP contribution in [0.5, 0.6) is 0 Å². The number of benzene rings is 1. The molecule has 1 aromatic rings. The first-order valence-electron chi connectivity index (χ1n) is 10.2. The van der Waals surface area contributed by atoms with Crippen molar-refractivity contribution in [3.63, 3.8) is 0 Å². The first kappa shape index (κ1) is 24.1. The van der Waals surface area contributed by atoms with Gasteiger partial charge in [-0.2, -0.15) is 0 Å². The first-order chi connectivity index (χ1) is 13.6. The van der Waals surface area contributed by atoms with Crippen molar-refractivity contribution in [2.45, 2.75) is 44.6 Å². The molecule has 8 heteroatoms. The molecule has 0 aromatic heterocycles. The third kappa shape index (κ3) is 6.16. The fraction of sp³-hybridized carbons (Fsp3) is 0.667. The smallest absolute Gasteiger partial charge is 0.191 e. The van der Waals surface area contributed by atoms with E-state index in [-0.39, 0.29) is 41.1 Å². The first-order valence-corrected chi connectivity index (χ1v) is 10.2. The Labute approximate surface area is 189 Å². The maximum atomic E-state index is 14.0. The number of hydrogen-bond acceptors (Lipinski definition) is 3. The number of aliphatic imine (C=N–C) groups is 1. The molecule has 1 aliphatic carbocycles. The Kier molecular flexibility index (Phi) is 9.39. The van der Waals surface area contributed by atoms with E-state index in [4.69, 9.17) is 4.74 Å². The topological polar surface area (TPSA) is 48.9 Å². The molecular weight excluding hydrogens is 489 g/mol. The second-order valence-corrected chi connectivity index (χ2v) is 8.02. The zero-order valence-corrected chi connectivity index (χ0v) is 19.7. The highest BCUT2D eigenvalue weighted by Crippen LogP contribution is 2.40. The zero-order chi connectivity index (χ0) is 20.0. The minimum absolute atomic E-state index is 0. The molecule has 0 amide bonds. The number of anilines is 1. The minimum Gasteiger partial charge on any atom is -0.385 e. The van der Waals surface area contributed by atoms with E-state index in [1.807, 2.05) is 0 Å². The molecule has 1 aliphatic heterocycles. The van der Waals surface area contributed by atoms with Gasteiger partial charge in [-0.05, 0) is 43.2 Å². The molecule has 2 fully saturated rings. The molecule has 29 heavy (non-hydrogen) atoms. The number of nitrogens with one attached hydrogen (secondary N) is 2. The third-order valence-corrected chi connectivity index (χ3v) is 6.14. The van der Waals surface area contributed by atoms with Crippen molar-refractivity contribution in [2.75, 3.05) is 45.3 Å². The van der Waals surface area contributed by atoms with Crippen LogP contribution in [-0.2, 0) is 4.74 Å². The summed E-state index contributed by atoms with van der Waals surface area (Å²) in [7, 11) is 3.51. The summed E-state index contributed by atoms with van der Waals surface area (Å²) >= 11 is 0. The summed E-state index contributed by atoms with van der Waals surface area (Å²) in [5.74, 6) is -0.265. The van der Waals surface area contributed by atoms with Crippen molar-refractivity contribution in [3.05, 3.63) is 29.8 Å². The molecule has 3 rings (SSSR count). The summed E-state index contributed by atoms with van der Waals surface area (Å²) in [4.78, 5) is 6.12. The van der Waals surface area contributed by atoms with E-state index < -0.39 is 11.6 Å². The van der Waals surface area contributed by atoms with Crippen LogP contribution in [0.25, 0.3) is 0 Å². The molecule has 164 valence electrons. The van der Waals surface area contributed by atoms with E-state index in [0.717, 1.165) is 32.0 Å². The Bertz CT molecular complexity index is 662. The highest BCUT2D eigenvalue weighted by molar-refractivity contribution is 14.0. The largest absolute Gasteiger partial charge is 0.385 e. The average molecular weight is 522 g/mol. The molecule has 5 nitrogen and oxygen atoms in total. The van der Waals surface area contributed by atoms with Crippen LogP contribution in [0, 0.1) is 17.0 Å². The summed E-state index contributed by atoms with van der Waals surface area (Å²) in [6.07, 6.45) is 6.82. The number of halogens is 3. The van der Waals surface area contributed by atoms with Crippen LogP contribution in [0.15, 0.2) is 23.2 Å². The van der Waals surface area contributed by atoms with E-state index in [1.165, 1.54) is 43.9 Å². The molecule has 1 saturated heterocycles. The zero-order valence-electron chi connectivity index (χ0n) is 17.3. The molecule has 0 radical (unpaired) electrons. The van der Waals surface area contributed by atoms with Gasteiger partial charge in [-0.1, -0.05) is 18.9 Å². The molecule has 0 bridgehead atoms. The van der Waals surface area contributed by atoms with Crippen molar-refractivity contribution in [1.29, 1.82) is 0 Å². The maximum absolute atomic E-state index is 14.0. The lowest BCUT2D eigenvalue weighted by molar-refractivity contribution is 0.138. The van der Waals surface area contributed by atoms with Gasteiger partial charge in [0.1, 0.15) is 17.3 Å². The van der Waals surface area contributed by atoms with Crippen molar-refractivity contribution in [2.24, 2.45) is 10.4 Å². The third-order valence-electron chi connectivity index (χ3n) is 6.14. The number of methoxy groups -OCH3 is 1. The molecule has 1 atom stereocenters. The second-order valence-electron chi connectivity index (χ2n) is 8.02. The summed E-state index contributed by atoms with van der Waals surface area (Å²) in [5.41, 5.74) is 0.338. The molecule has 1 saturated carbocycles. The van der Waals surface area contributed by atoms with Gasteiger partial charge in [-0.3, -0.25) is 4.99 Å². The Morgan fingerprint density at radius 1 is 1.28 bits per heavy atom. The lowest BCUT2D eigenvalue weighted by Crippen LogP contribution is -2.47. The molecule has 1 heterocycles. The number of ether oxygens (including phenoxy) is 1. The summed E-state index contributed by atoms with van der Waals surface area (Å²) in [5, 5.41) is 6.90. The fourth-order valence-electron chi connectivity index (χ4n) is 4.49. The normalized spacial score (nSPS) is 21.2. The van der Waals surface area contributed by atoms with Crippen molar-refractivity contribution in [1.82, 2.24) is 10.6 Å². The van der Waals surface area contributed by atoms with Gasteiger partial charge in [0.25, 0.3) is 0 Å². The number of guanidine groups is 1. The Balaban J connectivity index is 0.00000300. The fourth-order valence-corrected chi connectivity index (χ4v) is 4.49. The van der Waals surface area contributed by atoms with E-state index >= 15 is 0 Å². The van der Waals surface area contributed by atoms with Crippen LogP contribution in [-0.4, -0.2) is 52.4 Å². The Morgan fingerprint density at radius 2 is 1.97 bits per heavy atom. The van der Waals surface area contributed by atoms with Gasteiger partial charge < -0.3 is 20.3 Å². The average Bonchev–Trinajstić information content (AvgIpc) is 3.34. The van der Waals surface area contributed by atoms with Gasteiger partial charge in [0.05, 0.1) is 0 Å². The van der Waals surface area contributed by atoms with Gasteiger partial charge in [0.2, 0.25) is 0 Å². The minimum atomic E-state index is -0.510. The quantitative estimate of drug-likeness (QED) is 0.324. The van der Waals surface area contributed by atoms with E-state index in [2.05, 4.69) is 15.6 Å².